The number of para-hydroxylation sites is 1. The van der Waals surface area contributed by atoms with Crippen LogP contribution >= 0.6 is 0 Å². The first-order valence-corrected chi connectivity index (χ1v) is 8.98. The summed E-state index contributed by atoms with van der Waals surface area (Å²) in [6, 6.07) is 5.78. The third-order valence-electron chi connectivity index (χ3n) is 4.64. The number of nitrogens with one attached hydrogen (secondary N) is 2. The van der Waals surface area contributed by atoms with Crippen LogP contribution in [0.4, 0.5) is 18.0 Å². The monoisotopic (exact) mass is 385 g/mol. The van der Waals surface area contributed by atoms with E-state index in [0.29, 0.717) is 25.9 Å². The Hall–Kier alpha value is -2.45. The van der Waals surface area contributed by atoms with Crippen LogP contribution in [0.15, 0.2) is 24.3 Å². The fourth-order valence-electron chi connectivity index (χ4n) is 3.07. The smallest absolute Gasteiger partial charge is 0.405 e. The van der Waals surface area contributed by atoms with Crippen LogP contribution in [0.5, 0.6) is 5.75 Å². The molecule has 3 amide bonds. The van der Waals surface area contributed by atoms with Crippen LogP contribution in [-0.4, -0.2) is 42.3 Å². The number of likely N-dealkylation sites (tertiary alicyclic amines) is 1. The van der Waals surface area contributed by atoms with Gasteiger partial charge in [0.25, 0.3) is 0 Å². The Morgan fingerprint density at radius 2 is 1.93 bits per heavy atom. The minimum atomic E-state index is -4.79. The molecule has 1 aliphatic carbocycles. The molecule has 0 radical (unpaired) electrons. The summed E-state index contributed by atoms with van der Waals surface area (Å²) in [5.41, 5.74) is 0.238. The Kier molecular flexibility index (Phi) is 5.76. The predicted octanol–water partition coefficient (Wildman–Crippen LogP) is 2.79. The van der Waals surface area contributed by atoms with E-state index in [-0.39, 0.29) is 41.8 Å². The van der Waals surface area contributed by atoms with Crippen LogP contribution in [-0.2, 0) is 11.3 Å². The number of urea groups is 1. The summed E-state index contributed by atoms with van der Waals surface area (Å²) >= 11 is 0. The number of piperidine rings is 1. The zero-order valence-electron chi connectivity index (χ0n) is 14.7. The quantitative estimate of drug-likeness (QED) is 0.819. The van der Waals surface area contributed by atoms with Crippen LogP contribution in [0.2, 0.25) is 0 Å². The van der Waals surface area contributed by atoms with Crippen molar-refractivity contribution in [3.05, 3.63) is 29.8 Å². The lowest BCUT2D eigenvalue weighted by Gasteiger charge is -2.32. The van der Waals surface area contributed by atoms with Gasteiger partial charge >= 0.3 is 12.4 Å². The van der Waals surface area contributed by atoms with Crippen LogP contribution in [0.1, 0.15) is 31.2 Å². The number of hydrogen-bond acceptors (Lipinski definition) is 3. The molecule has 0 spiro atoms. The molecule has 1 aromatic carbocycles. The third kappa shape index (κ3) is 5.77. The number of rotatable bonds is 5. The van der Waals surface area contributed by atoms with Crippen molar-refractivity contribution in [3.8, 4) is 5.75 Å². The van der Waals surface area contributed by atoms with Crippen molar-refractivity contribution in [1.29, 1.82) is 0 Å². The first kappa shape index (κ1) is 19.3. The molecule has 148 valence electrons. The highest BCUT2D eigenvalue weighted by molar-refractivity contribution is 5.81. The maximum absolute atomic E-state index is 12.5. The topological polar surface area (TPSA) is 70.7 Å². The zero-order chi connectivity index (χ0) is 19.4. The molecule has 1 aromatic rings. The van der Waals surface area contributed by atoms with Gasteiger partial charge in [-0.25, -0.2) is 4.79 Å². The van der Waals surface area contributed by atoms with Crippen molar-refractivity contribution in [2.24, 2.45) is 5.92 Å². The number of hydrogen-bond donors (Lipinski definition) is 2. The van der Waals surface area contributed by atoms with Gasteiger partial charge in [0.05, 0.1) is 5.92 Å². The van der Waals surface area contributed by atoms with E-state index in [1.54, 1.807) is 11.0 Å². The molecule has 1 unspecified atom stereocenters. The number of ether oxygens (including phenoxy) is 1. The number of halogens is 3. The van der Waals surface area contributed by atoms with E-state index >= 15 is 0 Å². The molecular formula is C18H22F3N3O3. The Bertz CT molecular complexity index is 692. The molecule has 2 aliphatic rings. The molecule has 1 atom stereocenters. The summed E-state index contributed by atoms with van der Waals surface area (Å²) in [6.45, 7) is 0.839. The van der Waals surface area contributed by atoms with Crippen molar-refractivity contribution in [2.75, 3.05) is 13.1 Å². The number of alkyl halides is 3. The maximum Gasteiger partial charge on any atom is 0.573 e. The molecule has 1 saturated heterocycles. The molecule has 1 saturated carbocycles. The molecule has 1 heterocycles. The molecule has 6 nitrogen and oxygen atoms in total. The summed E-state index contributed by atoms with van der Waals surface area (Å²) < 4.78 is 41.4. The van der Waals surface area contributed by atoms with Crippen molar-refractivity contribution < 1.29 is 27.5 Å². The SMILES string of the molecule is O=C(NCc1ccccc1OC(F)(F)F)C1CCCN(C(=O)NC2CC2)C1. The van der Waals surface area contributed by atoms with Gasteiger partial charge in [0.1, 0.15) is 5.75 Å². The lowest BCUT2D eigenvalue weighted by Crippen LogP contribution is -2.49. The molecular weight excluding hydrogens is 363 g/mol. The normalized spacial score (nSPS) is 20.1. The number of nitrogens with zero attached hydrogens (tertiary/aromatic N) is 1. The average molecular weight is 385 g/mol. The summed E-state index contributed by atoms with van der Waals surface area (Å²) in [5.74, 6) is -0.987. The van der Waals surface area contributed by atoms with Crippen LogP contribution < -0.4 is 15.4 Å². The van der Waals surface area contributed by atoms with Gasteiger partial charge in [-0.1, -0.05) is 18.2 Å². The Morgan fingerprint density at radius 3 is 2.63 bits per heavy atom. The molecule has 2 N–H and O–H groups in total. The highest BCUT2D eigenvalue weighted by atomic mass is 19.4. The van der Waals surface area contributed by atoms with Crippen molar-refractivity contribution >= 4 is 11.9 Å². The second kappa shape index (κ2) is 8.06. The van der Waals surface area contributed by atoms with Crippen molar-refractivity contribution in [3.63, 3.8) is 0 Å². The van der Waals surface area contributed by atoms with E-state index in [4.69, 9.17) is 0 Å². The highest BCUT2D eigenvalue weighted by Crippen LogP contribution is 2.26. The van der Waals surface area contributed by atoms with E-state index in [1.807, 2.05) is 0 Å². The Balaban J connectivity index is 1.53. The zero-order valence-corrected chi connectivity index (χ0v) is 14.7. The van der Waals surface area contributed by atoms with Crippen molar-refractivity contribution in [2.45, 2.75) is 44.6 Å². The molecule has 2 fully saturated rings. The molecule has 3 rings (SSSR count). The minimum absolute atomic E-state index is 0.0736. The van der Waals surface area contributed by atoms with Gasteiger partial charge in [-0.3, -0.25) is 4.79 Å². The molecule has 0 bridgehead atoms. The van der Waals surface area contributed by atoms with Gasteiger partial charge in [0.2, 0.25) is 5.91 Å². The predicted molar refractivity (Wildman–Crippen MR) is 90.8 cm³/mol. The molecule has 27 heavy (non-hydrogen) atoms. The second-order valence-corrected chi connectivity index (χ2v) is 6.88. The van der Waals surface area contributed by atoms with E-state index in [0.717, 1.165) is 12.8 Å². The standard InChI is InChI=1S/C18H22F3N3O3/c19-18(20,21)27-15-6-2-1-4-12(15)10-22-16(25)13-5-3-9-24(11-13)17(26)23-14-7-8-14/h1-2,4,6,13-14H,3,5,7-11H2,(H,22,25)(H,23,26). The first-order chi connectivity index (χ1) is 12.8. The number of amides is 3. The number of carbonyl (C=O) groups is 2. The number of carbonyl (C=O) groups excluding carboxylic acids is 2. The van der Waals surface area contributed by atoms with Crippen LogP contribution in [0.25, 0.3) is 0 Å². The summed E-state index contributed by atoms with van der Waals surface area (Å²) in [6.07, 6.45) is -1.46. The van der Waals surface area contributed by atoms with Crippen molar-refractivity contribution in [1.82, 2.24) is 15.5 Å². The summed E-state index contributed by atoms with van der Waals surface area (Å²) in [4.78, 5) is 26.2. The maximum atomic E-state index is 12.5. The fraction of sp³-hybridized carbons (Fsp3) is 0.556. The number of benzene rings is 1. The average Bonchev–Trinajstić information content (AvgIpc) is 3.43. The lowest BCUT2D eigenvalue weighted by molar-refractivity contribution is -0.274. The summed E-state index contributed by atoms with van der Waals surface area (Å²) in [7, 11) is 0. The largest absolute Gasteiger partial charge is 0.573 e. The first-order valence-electron chi connectivity index (χ1n) is 8.98. The van der Waals surface area contributed by atoms with Gasteiger partial charge in [-0.05, 0) is 31.7 Å². The van der Waals surface area contributed by atoms with Gasteiger partial charge in [0.15, 0.2) is 0 Å². The van der Waals surface area contributed by atoms with E-state index in [1.165, 1.54) is 18.2 Å². The van der Waals surface area contributed by atoms with Crippen LogP contribution in [0.3, 0.4) is 0 Å². The van der Waals surface area contributed by atoms with E-state index < -0.39 is 6.36 Å². The summed E-state index contributed by atoms with van der Waals surface area (Å²) in [5, 5.41) is 5.57. The van der Waals surface area contributed by atoms with Gasteiger partial charge in [-0.2, -0.15) is 0 Å². The van der Waals surface area contributed by atoms with E-state index in [9.17, 15) is 22.8 Å². The van der Waals surface area contributed by atoms with Gasteiger partial charge < -0.3 is 20.3 Å². The highest BCUT2D eigenvalue weighted by Gasteiger charge is 2.33. The van der Waals surface area contributed by atoms with Crippen LogP contribution in [0, 0.1) is 5.92 Å². The minimum Gasteiger partial charge on any atom is -0.405 e. The second-order valence-electron chi connectivity index (χ2n) is 6.88. The lowest BCUT2D eigenvalue weighted by atomic mass is 9.97. The Labute approximate surface area is 155 Å². The van der Waals surface area contributed by atoms with Gasteiger partial charge in [0, 0.05) is 31.2 Å². The molecule has 9 heteroatoms. The molecule has 0 aromatic heterocycles. The fourth-order valence-corrected chi connectivity index (χ4v) is 3.07. The van der Waals surface area contributed by atoms with E-state index in [2.05, 4.69) is 15.4 Å². The van der Waals surface area contributed by atoms with Gasteiger partial charge in [-0.15, -0.1) is 13.2 Å². The Morgan fingerprint density at radius 1 is 1.19 bits per heavy atom. The molecule has 1 aliphatic heterocycles. The third-order valence-corrected chi connectivity index (χ3v) is 4.64.